The van der Waals surface area contributed by atoms with Gasteiger partial charge in [0.25, 0.3) is 0 Å². The Bertz CT molecular complexity index is 244. The monoisotopic (exact) mass is 226 g/mol. The molecule has 1 saturated heterocycles. The lowest BCUT2D eigenvalue weighted by molar-refractivity contribution is 0.0182. The first kappa shape index (κ1) is 12.3. The van der Waals surface area contributed by atoms with Crippen molar-refractivity contribution in [2.24, 2.45) is 17.1 Å². The van der Waals surface area contributed by atoms with Gasteiger partial charge in [0.15, 0.2) is 0 Å². The predicted molar refractivity (Wildman–Crippen MR) is 66.4 cm³/mol. The summed E-state index contributed by atoms with van der Waals surface area (Å²) in [5.41, 5.74) is 6.67. The molecule has 2 fully saturated rings. The van der Waals surface area contributed by atoms with Crippen molar-refractivity contribution in [2.75, 3.05) is 32.8 Å². The van der Waals surface area contributed by atoms with E-state index in [1.54, 1.807) is 0 Å². The molecule has 1 saturated carbocycles. The molecule has 0 aromatic heterocycles. The third-order valence-electron chi connectivity index (χ3n) is 5.09. The lowest BCUT2D eigenvalue weighted by Gasteiger charge is -2.41. The lowest BCUT2D eigenvalue weighted by Crippen LogP contribution is -2.50. The van der Waals surface area contributed by atoms with Crippen LogP contribution in [0.5, 0.6) is 0 Å². The van der Waals surface area contributed by atoms with Crippen LogP contribution in [0.2, 0.25) is 0 Å². The molecular formula is C13H26N2O. The highest BCUT2D eigenvalue weighted by molar-refractivity contribution is 5.04. The first-order chi connectivity index (χ1) is 7.43. The standard InChI is InChI=1S/C13H26N2O/c1-12(2)11(4-5-13(12,3)14)10-15-6-8-16-9-7-15/h11H,4-10,14H2,1-3H3. The molecule has 2 atom stereocenters. The third-order valence-corrected chi connectivity index (χ3v) is 5.09. The average Bonchev–Trinajstić information content (AvgIpc) is 2.43. The van der Waals surface area contributed by atoms with Crippen LogP contribution < -0.4 is 5.73 Å². The topological polar surface area (TPSA) is 38.5 Å². The Labute approximate surface area is 99.3 Å². The van der Waals surface area contributed by atoms with Gasteiger partial charge in [-0.15, -0.1) is 0 Å². The van der Waals surface area contributed by atoms with Crippen LogP contribution in [0.25, 0.3) is 0 Å². The highest BCUT2D eigenvalue weighted by atomic mass is 16.5. The maximum atomic E-state index is 6.41. The number of nitrogens with zero attached hydrogens (tertiary/aromatic N) is 1. The highest BCUT2D eigenvalue weighted by Crippen LogP contribution is 2.48. The van der Waals surface area contributed by atoms with Gasteiger partial charge in [0.2, 0.25) is 0 Å². The van der Waals surface area contributed by atoms with Gasteiger partial charge in [-0.3, -0.25) is 4.90 Å². The second-order valence-electron chi connectivity index (χ2n) is 6.29. The fourth-order valence-electron chi connectivity index (χ4n) is 3.04. The molecule has 1 aliphatic carbocycles. The van der Waals surface area contributed by atoms with Gasteiger partial charge in [-0.1, -0.05) is 13.8 Å². The van der Waals surface area contributed by atoms with Gasteiger partial charge >= 0.3 is 0 Å². The minimum Gasteiger partial charge on any atom is -0.379 e. The molecule has 0 amide bonds. The van der Waals surface area contributed by atoms with E-state index in [1.807, 2.05) is 0 Å². The van der Waals surface area contributed by atoms with Crippen molar-refractivity contribution in [3.05, 3.63) is 0 Å². The number of rotatable bonds is 2. The number of nitrogens with two attached hydrogens (primary N) is 1. The molecule has 0 spiro atoms. The Morgan fingerprint density at radius 1 is 1.25 bits per heavy atom. The zero-order valence-electron chi connectivity index (χ0n) is 11.0. The van der Waals surface area contributed by atoms with Crippen LogP contribution in [0, 0.1) is 11.3 Å². The summed E-state index contributed by atoms with van der Waals surface area (Å²) >= 11 is 0. The van der Waals surface area contributed by atoms with Crippen LogP contribution in [-0.2, 0) is 4.74 Å². The second-order valence-corrected chi connectivity index (χ2v) is 6.29. The molecular weight excluding hydrogens is 200 g/mol. The van der Waals surface area contributed by atoms with Gasteiger partial charge in [0, 0.05) is 25.2 Å². The fraction of sp³-hybridized carbons (Fsp3) is 1.00. The van der Waals surface area contributed by atoms with E-state index in [-0.39, 0.29) is 11.0 Å². The summed E-state index contributed by atoms with van der Waals surface area (Å²) in [5.74, 6) is 0.737. The molecule has 0 aromatic carbocycles. The van der Waals surface area contributed by atoms with Crippen molar-refractivity contribution >= 4 is 0 Å². The Balaban J connectivity index is 1.95. The lowest BCUT2D eigenvalue weighted by atomic mass is 9.71. The summed E-state index contributed by atoms with van der Waals surface area (Å²) < 4.78 is 5.39. The molecule has 2 rings (SSSR count). The van der Waals surface area contributed by atoms with E-state index < -0.39 is 0 Å². The van der Waals surface area contributed by atoms with Gasteiger partial charge in [0.1, 0.15) is 0 Å². The summed E-state index contributed by atoms with van der Waals surface area (Å²) in [5, 5.41) is 0. The van der Waals surface area contributed by atoms with E-state index in [0.717, 1.165) is 38.6 Å². The molecule has 1 heterocycles. The van der Waals surface area contributed by atoms with Gasteiger partial charge in [-0.25, -0.2) is 0 Å². The smallest absolute Gasteiger partial charge is 0.0594 e. The van der Waals surface area contributed by atoms with Crippen molar-refractivity contribution in [3.63, 3.8) is 0 Å². The normalized spacial score (nSPS) is 40.1. The average molecular weight is 226 g/mol. The van der Waals surface area contributed by atoms with E-state index in [1.165, 1.54) is 13.0 Å². The molecule has 3 nitrogen and oxygen atoms in total. The van der Waals surface area contributed by atoms with Gasteiger partial charge < -0.3 is 10.5 Å². The minimum atomic E-state index is 0.00392. The van der Waals surface area contributed by atoms with Crippen LogP contribution >= 0.6 is 0 Å². The van der Waals surface area contributed by atoms with E-state index in [0.29, 0.717) is 0 Å². The number of morpholine rings is 1. The Kier molecular flexibility index (Phi) is 3.30. The molecule has 1 aliphatic heterocycles. The van der Waals surface area contributed by atoms with Crippen LogP contribution in [0.3, 0.4) is 0 Å². The van der Waals surface area contributed by atoms with Crippen LogP contribution in [0.1, 0.15) is 33.6 Å². The Morgan fingerprint density at radius 3 is 2.38 bits per heavy atom. The summed E-state index contributed by atoms with van der Waals surface area (Å²) in [6.07, 6.45) is 2.44. The van der Waals surface area contributed by atoms with E-state index in [2.05, 4.69) is 25.7 Å². The zero-order chi connectivity index (χ0) is 11.8. The number of hydrogen-bond donors (Lipinski definition) is 1. The molecule has 94 valence electrons. The van der Waals surface area contributed by atoms with Crippen LogP contribution in [-0.4, -0.2) is 43.3 Å². The van der Waals surface area contributed by atoms with Gasteiger partial charge in [0.05, 0.1) is 13.2 Å². The van der Waals surface area contributed by atoms with Crippen molar-refractivity contribution in [1.29, 1.82) is 0 Å². The minimum absolute atomic E-state index is 0.00392. The van der Waals surface area contributed by atoms with Crippen LogP contribution in [0.4, 0.5) is 0 Å². The van der Waals surface area contributed by atoms with Crippen molar-refractivity contribution in [3.8, 4) is 0 Å². The van der Waals surface area contributed by atoms with Crippen LogP contribution in [0.15, 0.2) is 0 Å². The largest absolute Gasteiger partial charge is 0.379 e. The molecule has 0 radical (unpaired) electrons. The first-order valence-electron chi connectivity index (χ1n) is 6.52. The molecule has 2 N–H and O–H groups in total. The molecule has 3 heteroatoms. The molecule has 0 aromatic rings. The van der Waals surface area contributed by atoms with Crippen molar-refractivity contribution in [2.45, 2.75) is 39.2 Å². The van der Waals surface area contributed by atoms with E-state index >= 15 is 0 Å². The molecule has 2 unspecified atom stereocenters. The third kappa shape index (κ3) is 2.13. The Morgan fingerprint density at radius 2 is 1.88 bits per heavy atom. The first-order valence-corrected chi connectivity index (χ1v) is 6.52. The van der Waals surface area contributed by atoms with Gasteiger partial charge in [-0.05, 0) is 31.1 Å². The maximum Gasteiger partial charge on any atom is 0.0594 e. The van der Waals surface area contributed by atoms with Crippen molar-refractivity contribution in [1.82, 2.24) is 4.90 Å². The Hall–Kier alpha value is -0.120. The number of hydrogen-bond acceptors (Lipinski definition) is 3. The second kappa shape index (κ2) is 4.28. The fourth-order valence-corrected chi connectivity index (χ4v) is 3.04. The van der Waals surface area contributed by atoms with Gasteiger partial charge in [-0.2, -0.15) is 0 Å². The zero-order valence-corrected chi connectivity index (χ0v) is 11.0. The summed E-state index contributed by atoms with van der Waals surface area (Å²) in [6.45, 7) is 12.1. The number of ether oxygens (including phenoxy) is 1. The summed E-state index contributed by atoms with van der Waals surface area (Å²) in [4.78, 5) is 2.54. The molecule has 2 aliphatic rings. The quantitative estimate of drug-likeness (QED) is 0.775. The SMILES string of the molecule is CC1(N)CCC(CN2CCOCC2)C1(C)C. The highest BCUT2D eigenvalue weighted by Gasteiger charge is 2.49. The predicted octanol–water partition coefficient (Wildman–Crippen LogP) is 1.47. The summed E-state index contributed by atoms with van der Waals surface area (Å²) in [7, 11) is 0. The van der Waals surface area contributed by atoms with E-state index in [9.17, 15) is 0 Å². The van der Waals surface area contributed by atoms with E-state index in [4.69, 9.17) is 10.5 Å². The maximum absolute atomic E-state index is 6.41. The summed E-state index contributed by atoms with van der Waals surface area (Å²) in [6, 6.07) is 0. The molecule has 0 bridgehead atoms. The van der Waals surface area contributed by atoms with Crippen molar-refractivity contribution < 1.29 is 4.74 Å². The molecule has 16 heavy (non-hydrogen) atoms.